The molecule has 0 atom stereocenters. The summed E-state index contributed by atoms with van der Waals surface area (Å²) in [5.41, 5.74) is 4.19. The van der Waals surface area contributed by atoms with E-state index in [1.54, 1.807) is 13.1 Å². The number of imidazole rings is 1. The molecule has 0 bridgehead atoms. The van der Waals surface area contributed by atoms with Gasteiger partial charge in [-0.15, -0.1) is 0 Å². The second-order valence-electron chi connectivity index (χ2n) is 7.34. The Kier molecular flexibility index (Phi) is 5.79. The molecule has 0 fully saturated rings. The summed E-state index contributed by atoms with van der Waals surface area (Å²) < 4.78 is 3.59. The van der Waals surface area contributed by atoms with Gasteiger partial charge < -0.3 is 15.2 Å². The lowest BCUT2D eigenvalue weighted by atomic mass is 10.2. The van der Waals surface area contributed by atoms with Crippen LogP contribution >= 0.6 is 0 Å². The number of carbonyl (C=O) groups excluding carboxylic acids is 2. The number of carbonyl (C=O) groups is 2. The normalized spacial score (nSPS) is 10.9. The molecule has 8 heteroatoms. The average molecular weight is 416 g/mol. The molecule has 31 heavy (non-hydrogen) atoms. The van der Waals surface area contributed by atoms with Gasteiger partial charge >= 0.3 is 0 Å². The van der Waals surface area contributed by atoms with Crippen LogP contribution in [0, 0.1) is 6.92 Å². The molecule has 0 aliphatic heterocycles. The summed E-state index contributed by atoms with van der Waals surface area (Å²) >= 11 is 0. The molecule has 158 valence electrons. The van der Waals surface area contributed by atoms with Crippen LogP contribution in [0.4, 0.5) is 0 Å². The van der Waals surface area contributed by atoms with E-state index in [9.17, 15) is 9.59 Å². The molecule has 4 aromatic rings. The fourth-order valence-corrected chi connectivity index (χ4v) is 3.52. The summed E-state index contributed by atoms with van der Waals surface area (Å²) in [5.74, 6) is 0.132. The van der Waals surface area contributed by atoms with Gasteiger partial charge in [0.05, 0.1) is 29.8 Å². The van der Waals surface area contributed by atoms with Gasteiger partial charge in [-0.3, -0.25) is 14.3 Å². The molecule has 2 amide bonds. The second-order valence-corrected chi connectivity index (χ2v) is 7.34. The number of amides is 2. The van der Waals surface area contributed by atoms with Crippen LogP contribution in [0.3, 0.4) is 0 Å². The third-order valence-corrected chi connectivity index (χ3v) is 5.00. The van der Waals surface area contributed by atoms with Crippen LogP contribution in [-0.4, -0.2) is 37.7 Å². The molecular weight excluding hydrogens is 392 g/mol. The monoisotopic (exact) mass is 416 g/mol. The Morgan fingerprint density at radius 2 is 1.74 bits per heavy atom. The number of hydrogen-bond donors (Lipinski definition) is 2. The van der Waals surface area contributed by atoms with Crippen LogP contribution in [0.25, 0.3) is 11.0 Å². The van der Waals surface area contributed by atoms with E-state index in [1.807, 2.05) is 49.4 Å². The Morgan fingerprint density at radius 3 is 2.48 bits per heavy atom. The van der Waals surface area contributed by atoms with Gasteiger partial charge in [0, 0.05) is 13.6 Å². The van der Waals surface area contributed by atoms with E-state index < -0.39 is 0 Å². The van der Waals surface area contributed by atoms with Gasteiger partial charge in [0.25, 0.3) is 5.91 Å². The van der Waals surface area contributed by atoms with Crippen molar-refractivity contribution in [2.24, 2.45) is 7.05 Å². The summed E-state index contributed by atoms with van der Waals surface area (Å²) in [6.07, 6.45) is 0. The fourth-order valence-electron chi connectivity index (χ4n) is 3.52. The van der Waals surface area contributed by atoms with Crippen molar-refractivity contribution < 1.29 is 9.59 Å². The number of hydrogen-bond acceptors (Lipinski definition) is 4. The highest BCUT2D eigenvalue weighted by molar-refractivity contribution is 5.95. The van der Waals surface area contributed by atoms with Gasteiger partial charge in [-0.2, -0.15) is 5.10 Å². The molecule has 2 aromatic carbocycles. The van der Waals surface area contributed by atoms with Crippen LogP contribution in [-0.2, 0) is 24.9 Å². The standard InChI is InChI=1S/C23H24N6O2/c1-16-12-20(28(2)27-16)23(31)25-14-22(30)24-13-21-26-18-10-6-7-11-19(18)29(21)15-17-8-4-3-5-9-17/h3-12H,13-15H2,1-2H3,(H,24,30)(H,25,31). The largest absolute Gasteiger partial charge is 0.347 e. The Labute approximate surface area is 179 Å². The summed E-state index contributed by atoms with van der Waals surface area (Å²) in [7, 11) is 1.69. The van der Waals surface area contributed by atoms with E-state index in [0.29, 0.717) is 12.2 Å². The Hall–Kier alpha value is -3.94. The predicted octanol–water partition coefficient (Wildman–Crippen LogP) is 2.17. The van der Waals surface area contributed by atoms with E-state index in [4.69, 9.17) is 0 Å². The highest BCUT2D eigenvalue weighted by atomic mass is 16.2. The smallest absolute Gasteiger partial charge is 0.269 e. The maximum atomic E-state index is 12.3. The quantitative estimate of drug-likeness (QED) is 0.483. The SMILES string of the molecule is Cc1cc(C(=O)NCC(=O)NCc2nc3ccccc3n2Cc2ccccc2)n(C)n1. The number of aromatic nitrogens is 4. The number of nitrogens with one attached hydrogen (secondary N) is 2. The van der Waals surface area contributed by atoms with Crippen molar-refractivity contribution in [3.63, 3.8) is 0 Å². The number of fused-ring (bicyclic) bond motifs is 1. The molecule has 2 N–H and O–H groups in total. The summed E-state index contributed by atoms with van der Waals surface area (Å²) in [4.78, 5) is 29.3. The minimum absolute atomic E-state index is 0.123. The third kappa shape index (κ3) is 4.63. The molecule has 2 aromatic heterocycles. The second kappa shape index (κ2) is 8.83. The van der Waals surface area contributed by atoms with Crippen LogP contribution in [0.2, 0.25) is 0 Å². The van der Waals surface area contributed by atoms with Crippen molar-refractivity contribution >= 4 is 22.8 Å². The molecule has 0 saturated heterocycles. The van der Waals surface area contributed by atoms with Crippen LogP contribution < -0.4 is 10.6 Å². The number of benzene rings is 2. The van der Waals surface area contributed by atoms with Crippen molar-refractivity contribution in [1.29, 1.82) is 0 Å². The highest BCUT2D eigenvalue weighted by Crippen LogP contribution is 2.18. The topological polar surface area (TPSA) is 93.8 Å². The van der Waals surface area contributed by atoms with Gasteiger partial charge in [-0.25, -0.2) is 4.98 Å². The van der Waals surface area contributed by atoms with Crippen molar-refractivity contribution in [1.82, 2.24) is 30.0 Å². The molecular formula is C23H24N6O2. The van der Waals surface area contributed by atoms with Gasteiger partial charge in [0.2, 0.25) is 5.91 Å². The Bertz CT molecular complexity index is 1230. The van der Waals surface area contributed by atoms with Gasteiger partial charge in [0.1, 0.15) is 11.5 Å². The van der Waals surface area contributed by atoms with Crippen LogP contribution in [0.5, 0.6) is 0 Å². The zero-order valence-electron chi connectivity index (χ0n) is 17.5. The predicted molar refractivity (Wildman–Crippen MR) is 117 cm³/mol. The average Bonchev–Trinajstić information content (AvgIpc) is 3.30. The van der Waals surface area contributed by atoms with Crippen LogP contribution in [0.1, 0.15) is 27.6 Å². The lowest BCUT2D eigenvalue weighted by Gasteiger charge is -2.11. The van der Waals surface area contributed by atoms with Gasteiger partial charge in [-0.1, -0.05) is 42.5 Å². The minimum atomic E-state index is -0.338. The zero-order valence-corrected chi connectivity index (χ0v) is 17.5. The molecule has 0 radical (unpaired) electrons. The molecule has 0 saturated carbocycles. The maximum absolute atomic E-state index is 12.3. The van der Waals surface area contributed by atoms with E-state index in [1.165, 1.54) is 4.68 Å². The van der Waals surface area contributed by atoms with Crippen molar-refractivity contribution in [2.75, 3.05) is 6.54 Å². The summed E-state index contributed by atoms with van der Waals surface area (Å²) in [6.45, 7) is 2.61. The number of rotatable bonds is 7. The van der Waals surface area contributed by atoms with Crippen molar-refractivity contribution in [3.05, 3.63) is 83.4 Å². The molecule has 4 rings (SSSR count). The lowest BCUT2D eigenvalue weighted by Crippen LogP contribution is -2.37. The first-order valence-corrected chi connectivity index (χ1v) is 10.0. The van der Waals surface area contributed by atoms with E-state index in [-0.39, 0.29) is 24.9 Å². The number of para-hydroxylation sites is 2. The van der Waals surface area contributed by atoms with E-state index in [2.05, 4.69) is 37.4 Å². The van der Waals surface area contributed by atoms with Gasteiger partial charge in [-0.05, 0) is 30.7 Å². The highest BCUT2D eigenvalue weighted by Gasteiger charge is 2.15. The fraction of sp³-hybridized carbons (Fsp3) is 0.217. The minimum Gasteiger partial charge on any atom is -0.347 e. The first-order chi connectivity index (χ1) is 15.0. The Balaban J connectivity index is 1.42. The number of nitrogens with zero attached hydrogens (tertiary/aromatic N) is 4. The van der Waals surface area contributed by atoms with Crippen molar-refractivity contribution in [3.8, 4) is 0 Å². The molecule has 0 unspecified atom stereocenters. The molecule has 0 aliphatic carbocycles. The molecule has 2 heterocycles. The summed E-state index contributed by atoms with van der Waals surface area (Å²) in [5, 5.41) is 9.63. The number of aryl methyl sites for hydroxylation is 2. The third-order valence-electron chi connectivity index (χ3n) is 5.00. The van der Waals surface area contributed by atoms with E-state index in [0.717, 1.165) is 28.1 Å². The summed E-state index contributed by atoms with van der Waals surface area (Å²) in [6, 6.07) is 19.7. The zero-order chi connectivity index (χ0) is 21.8. The van der Waals surface area contributed by atoms with E-state index >= 15 is 0 Å². The molecule has 0 spiro atoms. The first kappa shape index (κ1) is 20.3. The maximum Gasteiger partial charge on any atom is 0.269 e. The van der Waals surface area contributed by atoms with Gasteiger partial charge in [0.15, 0.2) is 0 Å². The Morgan fingerprint density at radius 1 is 1.00 bits per heavy atom. The molecule has 0 aliphatic rings. The van der Waals surface area contributed by atoms with Crippen molar-refractivity contribution in [2.45, 2.75) is 20.0 Å². The molecule has 8 nitrogen and oxygen atoms in total. The lowest BCUT2D eigenvalue weighted by molar-refractivity contribution is -0.120. The first-order valence-electron chi connectivity index (χ1n) is 10.0. The van der Waals surface area contributed by atoms with Crippen LogP contribution in [0.15, 0.2) is 60.7 Å².